The van der Waals surface area contributed by atoms with Gasteiger partial charge in [-0.3, -0.25) is 0 Å². The van der Waals surface area contributed by atoms with Gasteiger partial charge in [0.15, 0.2) is 5.16 Å². The van der Waals surface area contributed by atoms with Crippen molar-refractivity contribution in [3.63, 3.8) is 0 Å². The van der Waals surface area contributed by atoms with E-state index in [0.717, 1.165) is 23.3 Å². The average molecular weight is 279 g/mol. The Bertz CT molecular complexity index is 419. The lowest BCUT2D eigenvalue weighted by Crippen LogP contribution is -2.29. The first-order valence-corrected chi connectivity index (χ1v) is 7.56. The summed E-state index contributed by atoms with van der Waals surface area (Å²) in [5.74, 6) is 2.21. The third-order valence-corrected chi connectivity index (χ3v) is 3.08. The number of nitriles is 1. The Kier molecular flexibility index (Phi) is 6.43. The summed E-state index contributed by atoms with van der Waals surface area (Å²) < 4.78 is 0. The van der Waals surface area contributed by atoms with Gasteiger partial charge in [0.25, 0.3) is 0 Å². The molecule has 0 aliphatic carbocycles. The van der Waals surface area contributed by atoms with E-state index in [9.17, 15) is 0 Å². The van der Waals surface area contributed by atoms with E-state index in [-0.39, 0.29) is 0 Å². The van der Waals surface area contributed by atoms with E-state index in [4.69, 9.17) is 5.26 Å². The molecular formula is C13H21N5S. The van der Waals surface area contributed by atoms with Gasteiger partial charge in [-0.05, 0) is 12.2 Å². The molecule has 1 rings (SSSR count). The normalized spacial score (nSPS) is 10.3. The summed E-state index contributed by atoms with van der Waals surface area (Å²) in [6, 6.07) is 4.12. The minimum Gasteiger partial charge on any atom is -0.373 e. The largest absolute Gasteiger partial charge is 0.373 e. The Hall–Kier alpha value is -1.48. The van der Waals surface area contributed by atoms with Crippen LogP contribution in [-0.2, 0) is 0 Å². The summed E-state index contributed by atoms with van der Waals surface area (Å²) in [6.07, 6.45) is 2.46. The summed E-state index contributed by atoms with van der Waals surface area (Å²) in [4.78, 5) is 11.0. The molecule has 1 N–H and O–H groups in total. The molecule has 5 nitrogen and oxygen atoms in total. The molecule has 0 amide bonds. The summed E-state index contributed by atoms with van der Waals surface area (Å²) in [5.41, 5.74) is 0. The predicted molar refractivity (Wildman–Crippen MR) is 80.6 cm³/mol. The third-order valence-electron chi connectivity index (χ3n) is 2.53. The molecule has 0 bridgehead atoms. The van der Waals surface area contributed by atoms with E-state index in [0.29, 0.717) is 18.9 Å². The standard InChI is InChI=1S/C13H21N5S/c1-10(2)9-18(7-5-6-14)12-8-11(15-3)16-13(17-12)19-4/h8,10H,5,7,9H2,1-4H3,(H,15,16,17). The van der Waals surface area contributed by atoms with Crippen molar-refractivity contribution in [2.45, 2.75) is 25.4 Å². The molecular weight excluding hydrogens is 258 g/mol. The highest BCUT2D eigenvalue weighted by molar-refractivity contribution is 7.98. The number of hydrogen-bond donors (Lipinski definition) is 1. The van der Waals surface area contributed by atoms with Crippen LogP contribution < -0.4 is 10.2 Å². The number of thioether (sulfide) groups is 1. The van der Waals surface area contributed by atoms with Gasteiger partial charge in [0.1, 0.15) is 11.6 Å². The lowest BCUT2D eigenvalue weighted by molar-refractivity contribution is 0.605. The second kappa shape index (κ2) is 7.85. The minimum absolute atomic E-state index is 0.500. The molecule has 1 heterocycles. The van der Waals surface area contributed by atoms with Crippen molar-refractivity contribution in [2.24, 2.45) is 5.92 Å². The first-order chi connectivity index (χ1) is 9.10. The van der Waals surface area contributed by atoms with Crippen LogP contribution in [0.4, 0.5) is 11.6 Å². The van der Waals surface area contributed by atoms with Crippen molar-refractivity contribution >= 4 is 23.4 Å². The molecule has 0 saturated heterocycles. The van der Waals surface area contributed by atoms with Gasteiger partial charge in [-0.2, -0.15) is 5.26 Å². The topological polar surface area (TPSA) is 64.8 Å². The highest BCUT2D eigenvalue weighted by Gasteiger charge is 2.12. The van der Waals surface area contributed by atoms with Crippen LogP contribution in [0.15, 0.2) is 11.2 Å². The maximum atomic E-state index is 8.77. The highest BCUT2D eigenvalue weighted by Crippen LogP contribution is 2.21. The number of nitrogens with one attached hydrogen (secondary N) is 1. The average Bonchev–Trinajstić information content (AvgIpc) is 2.42. The summed E-state index contributed by atoms with van der Waals surface area (Å²) in [6.45, 7) is 5.91. The molecule has 0 atom stereocenters. The minimum atomic E-state index is 0.500. The smallest absolute Gasteiger partial charge is 0.191 e. The molecule has 0 fully saturated rings. The molecule has 104 valence electrons. The van der Waals surface area contributed by atoms with Crippen LogP contribution in [0.25, 0.3) is 0 Å². The fourth-order valence-corrected chi connectivity index (χ4v) is 2.09. The van der Waals surface area contributed by atoms with Crippen molar-refractivity contribution in [3.05, 3.63) is 6.07 Å². The molecule has 0 unspecified atom stereocenters. The van der Waals surface area contributed by atoms with E-state index >= 15 is 0 Å². The van der Waals surface area contributed by atoms with Crippen LogP contribution in [0.1, 0.15) is 20.3 Å². The monoisotopic (exact) mass is 279 g/mol. The summed E-state index contributed by atoms with van der Waals surface area (Å²) >= 11 is 1.52. The Morgan fingerprint density at radius 3 is 2.74 bits per heavy atom. The van der Waals surface area contributed by atoms with Crippen LogP contribution in [0.5, 0.6) is 0 Å². The predicted octanol–water partition coefficient (Wildman–Crippen LogP) is 2.62. The van der Waals surface area contributed by atoms with Gasteiger partial charge in [0.05, 0.1) is 12.5 Å². The molecule has 0 aromatic carbocycles. The van der Waals surface area contributed by atoms with E-state index in [1.165, 1.54) is 11.8 Å². The number of aromatic nitrogens is 2. The van der Waals surface area contributed by atoms with Crippen molar-refractivity contribution in [3.8, 4) is 6.07 Å². The van der Waals surface area contributed by atoms with Crippen molar-refractivity contribution in [2.75, 3.05) is 36.6 Å². The van der Waals surface area contributed by atoms with Gasteiger partial charge in [-0.15, -0.1) is 0 Å². The third kappa shape index (κ3) is 4.95. The number of anilines is 2. The summed E-state index contributed by atoms with van der Waals surface area (Å²) in [7, 11) is 1.85. The molecule has 1 aromatic rings. The highest BCUT2D eigenvalue weighted by atomic mass is 32.2. The SMILES string of the molecule is CNc1cc(N(CCC#N)CC(C)C)nc(SC)n1. The van der Waals surface area contributed by atoms with E-state index < -0.39 is 0 Å². The zero-order valence-electron chi connectivity index (χ0n) is 12.0. The molecule has 0 radical (unpaired) electrons. The Morgan fingerprint density at radius 1 is 1.47 bits per heavy atom. The maximum absolute atomic E-state index is 8.77. The first kappa shape index (κ1) is 15.6. The van der Waals surface area contributed by atoms with Crippen LogP contribution in [0.3, 0.4) is 0 Å². The first-order valence-electron chi connectivity index (χ1n) is 6.33. The molecule has 0 aliphatic rings. The van der Waals surface area contributed by atoms with E-state index in [1.54, 1.807) is 0 Å². The molecule has 0 saturated carbocycles. The van der Waals surface area contributed by atoms with Crippen LogP contribution in [-0.4, -0.2) is 36.4 Å². The second-order valence-corrected chi connectivity index (χ2v) is 5.37. The fraction of sp³-hybridized carbons (Fsp3) is 0.615. The number of nitrogens with zero attached hydrogens (tertiary/aromatic N) is 4. The Labute approximate surface area is 119 Å². The van der Waals surface area contributed by atoms with Crippen LogP contribution in [0, 0.1) is 17.2 Å². The quantitative estimate of drug-likeness (QED) is 0.611. The maximum Gasteiger partial charge on any atom is 0.191 e. The van der Waals surface area contributed by atoms with Crippen molar-refractivity contribution in [1.29, 1.82) is 5.26 Å². The van der Waals surface area contributed by atoms with E-state index in [2.05, 4.69) is 40.1 Å². The van der Waals surface area contributed by atoms with Crippen LogP contribution >= 0.6 is 11.8 Å². The Balaban J connectivity index is 3.02. The lowest BCUT2D eigenvalue weighted by atomic mass is 10.2. The summed E-state index contributed by atoms with van der Waals surface area (Å²) in [5, 5.41) is 12.6. The van der Waals surface area contributed by atoms with Gasteiger partial charge >= 0.3 is 0 Å². The zero-order chi connectivity index (χ0) is 14.3. The molecule has 6 heteroatoms. The van der Waals surface area contributed by atoms with E-state index in [1.807, 2.05) is 19.4 Å². The molecule has 1 aromatic heterocycles. The van der Waals surface area contributed by atoms with Crippen molar-refractivity contribution < 1.29 is 0 Å². The Morgan fingerprint density at radius 2 is 2.21 bits per heavy atom. The van der Waals surface area contributed by atoms with Gasteiger partial charge in [0.2, 0.25) is 0 Å². The van der Waals surface area contributed by atoms with Gasteiger partial charge in [-0.1, -0.05) is 25.6 Å². The molecule has 19 heavy (non-hydrogen) atoms. The van der Waals surface area contributed by atoms with Crippen LogP contribution in [0.2, 0.25) is 0 Å². The fourth-order valence-electron chi connectivity index (χ4n) is 1.72. The van der Waals surface area contributed by atoms with Gasteiger partial charge < -0.3 is 10.2 Å². The lowest BCUT2D eigenvalue weighted by Gasteiger charge is -2.25. The van der Waals surface area contributed by atoms with Gasteiger partial charge in [-0.25, -0.2) is 9.97 Å². The molecule has 0 aliphatic heterocycles. The molecule has 0 spiro atoms. The number of rotatable bonds is 7. The van der Waals surface area contributed by atoms with Crippen molar-refractivity contribution in [1.82, 2.24) is 9.97 Å². The van der Waals surface area contributed by atoms with Gasteiger partial charge in [0, 0.05) is 26.2 Å². The number of hydrogen-bond acceptors (Lipinski definition) is 6. The zero-order valence-corrected chi connectivity index (χ0v) is 12.8. The second-order valence-electron chi connectivity index (χ2n) is 4.60.